The summed E-state index contributed by atoms with van der Waals surface area (Å²) in [5.74, 6) is 0.187. The fourth-order valence-corrected chi connectivity index (χ4v) is 2.52. The molecule has 2 N–H and O–H groups in total. The van der Waals surface area contributed by atoms with E-state index in [-0.39, 0.29) is 24.2 Å². The summed E-state index contributed by atoms with van der Waals surface area (Å²) >= 11 is 3.26. The lowest BCUT2D eigenvalue weighted by molar-refractivity contribution is 0.147. The molecule has 1 heterocycles. The molecular formula is C12H17BrClFN2O. The lowest BCUT2D eigenvalue weighted by Gasteiger charge is -2.33. The summed E-state index contributed by atoms with van der Waals surface area (Å²) in [6.45, 7) is 3.10. The lowest BCUT2D eigenvalue weighted by atomic mass is 10.1. The number of nitrogens with zero attached hydrogens (tertiary/aromatic N) is 1. The maximum Gasteiger partial charge on any atom is 0.129 e. The summed E-state index contributed by atoms with van der Waals surface area (Å²) in [7, 11) is 0. The van der Waals surface area contributed by atoms with Gasteiger partial charge in [-0.15, -0.1) is 12.4 Å². The molecule has 2 rings (SSSR count). The molecule has 0 amide bonds. The molecule has 1 aromatic carbocycles. The van der Waals surface area contributed by atoms with Crippen LogP contribution >= 0.6 is 28.3 Å². The number of nitrogens with one attached hydrogen (secondary N) is 1. The Bertz CT molecular complexity index is 388. The quantitative estimate of drug-likeness (QED) is 0.888. The molecule has 3 nitrogen and oxygen atoms in total. The smallest absolute Gasteiger partial charge is 0.129 e. The van der Waals surface area contributed by atoms with Gasteiger partial charge in [-0.05, 0) is 33.6 Å². The molecule has 0 saturated carbocycles. The van der Waals surface area contributed by atoms with Crippen molar-refractivity contribution in [2.75, 3.05) is 32.9 Å². The van der Waals surface area contributed by atoms with Crippen LogP contribution in [0.4, 0.5) is 4.39 Å². The number of piperazine rings is 1. The number of phenolic OH excluding ortho intramolecular Hbond substituents is 1. The predicted octanol–water partition coefficient (Wildman–Crippen LogP) is 2.49. The molecule has 0 spiro atoms. The summed E-state index contributed by atoms with van der Waals surface area (Å²) < 4.78 is 13.8. The van der Waals surface area contributed by atoms with Gasteiger partial charge < -0.3 is 10.4 Å². The Balaban J connectivity index is 0.00000162. The van der Waals surface area contributed by atoms with Crippen LogP contribution in [0.15, 0.2) is 22.7 Å². The van der Waals surface area contributed by atoms with Gasteiger partial charge in [-0.3, -0.25) is 4.90 Å². The van der Waals surface area contributed by atoms with E-state index in [0.717, 1.165) is 31.7 Å². The Hall–Kier alpha value is -0.360. The summed E-state index contributed by atoms with van der Waals surface area (Å²) in [4.78, 5) is 2.13. The third-order valence-corrected chi connectivity index (χ3v) is 3.73. The molecule has 1 saturated heterocycles. The van der Waals surface area contributed by atoms with Gasteiger partial charge in [-0.2, -0.15) is 0 Å². The highest BCUT2D eigenvalue weighted by Gasteiger charge is 2.22. The van der Waals surface area contributed by atoms with E-state index in [1.165, 1.54) is 0 Å². The minimum Gasteiger partial charge on any atom is -0.507 e. The molecular weight excluding hydrogens is 322 g/mol. The zero-order valence-corrected chi connectivity index (χ0v) is 12.3. The van der Waals surface area contributed by atoms with E-state index in [4.69, 9.17) is 0 Å². The van der Waals surface area contributed by atoms with Crippen molar-refractivity contribution >= 4 is 28.3 Å². The molecule has 1 aliphatic rings. The second-order valence-electron chi connectivity index (χ2n) is 4.17. The van der Waals surface area contributed by atoms with Crippen molar-refractivity contribution in [3.05, 3.63) is 28.2 Å². The fraction of sp³-hybridized carbons (Fsp3) is 0.500. The van der Waals surface area contributed by atoms with Crippen LogP contribution in [0.5, 0.6) is 5.75 Å². The Labute approximate surface area is 121 Å². The molecule has 18 heavy (non-hydrogen) atoms. The maximum atomic E-state index is 13.2. The fourth-order valence-electron chi connectivity index (χ4n) is 2.12. The van der Waals surface area contributed by atoms with Crippen LogP contribution in [-0.2, 0) is 0 Å². The Kier molecular flexibility index (Phi) is 6.35. The van der Waals surface area contributed by atoms with Crippen molar-refractivity contribution in [2.24, 2.45) is 0 Å². The SMILES string of the molecule is Cl.Oc1ccc([C@H](CF)N2CCNCC2)cc1Br. The predicted molar refractivity (Wildman–Crippen MR) is 76.2 cm³/mol. The molecule has 1 fully saturated rings. The molecule has 0 bridgehead atoms. The van der Waals surface area contributed by atoms with E-state index >= 15 is 0 Å². The largest absolute Gasteiger partial charge is 0.507 e. The van der Waals surface area contributed by atoms with Crippen molar-refractivity contribution in [3.63, 3.8) is 0 Å². The zero-order chi connectivity index (χ0) is 12.3. The van der Waals surface area contributed by atoms with Crippen LogP contribution in [0.25, 0.3) is 0 Å². The third-order valence-electron chi connectivity index (χ3n) is 3.10. The minimum atomic E-state index is -0.406. The molecule has 0 radical (unpaired) electrons. The summed E-state index contributed by atoms with van der Waals surface area (Å²) in [5.41, 5.74) is 0.902. The number of hydrogen-bond acceptors (Lipinski definition) is 3. The first-order chi connectivity index (χ1) is 8.22. The molecule has 6 heteroatoms. The number of phenols is 1. The van der Waals surface area contributed by atoms with Crippen LogP contribution in [-0.4, -0.2) is 42.9 Å². The number of hydrogen-bond donors (Lipinski definition) is 2. The van der Waals surface area contributed by atoms with Gasteiger partial charge >= 0.3 is 0 Å². The van der Waals surface area contributed by atoms with Crippen LogP contribution in [0.3, 0.4) is 0 Å². The van der Waals surface area contributed by atoms with Crippen molar-refractivity contribution in [1.82, 2.24) is 10.2 Å². The van der Waals surface area contributed by atoms with E-state index in [1.807, 2.05) is 0 Å². The third kappa shape index (κ3) is 3.57. The van der Waals surface area contributed by atoms with Gasteiger partial charge in [0.05, 0.1) is 10.5 Å². The molecule has 1 aromatic rings. The van der Waals surface area contributed by atoms with Crippen LogP contribution < -0.4 is 5.32 Å². The zero-order valence-electron chi connectivity index (χ0n) is 9.90. The first-order valence-electron chi connectivity index (χ1n) is 5.71. The van der Waals surface area contributed by atoms with E-state index in [0.29, 0.717) is 4.47 Å². The van der Waals surface area contributed by atoms with Gasteiger partial charge in [0.25, 0.3) is 0 Å². The van der Waals surface area contributed by atoms with E-state index in [1.54, 1.807) is 18.2 Å². The molecule has 102 valence electrons. The average molecular weight is 340 g/mol. The topological polar surface area (TPSA) is 35.5 Å². The molecule has 0 unspecified atom stereocenters. The van der Waals surface area contributed by atoms with Crippen molar-refractivity contribution < 1.29 is 9.50 Å². The highest BCUT2D eigenvalue weighted by Crippen LogP contribution is 2.29. The normalized spacial score (nSPS) is 18.1. The average Bonchev–Trinajstić information content (AvgIpc) is 2.36. The Morgan fingerprint density at radius 3 is 2.61 bits per heavy atom. The molecule has 1 atom stereocenters. The lowest BCUT2D eigenvalue weighted by Crippen LogP contribution is -2.45. The van der Waals surface area contributed by atoms with Crippen molar-refractivity contribution in [1.29, 1.82) is 0 Å². The number of benzene rings is 1. The highest BCUT2D eigenvalue weighted by molar-refractivity contribution is 9.10. The van der Waals surface area contributed by atoms with Crippen molar-refractivity contribution in [3.8, 4) is 5.75 Å². The highest BCUT2D eigenvalue weighted by atomic mass is 79.9. The summed E-state index contributed by atoms with van der Waals surface area (Å²) in [6, 6.07) is 4.96. The van der Waals surface area contributed by atoms with Crippen LogP contribution in [0.1, 0.15) is 11.6 Å². The van der Waals surface area contributed by atoms with Gasteiger partial charge in [0.2, 0.25) is 0 Å². The second kappa shape index (κ2) is 7.28. The summed E-state index contributed by atoms with van der Waals surface area (Å²) in [6.07, 6.45) is 0. The van der Waals surface area contributed by atoms with Crippen LogP contribution in [0, 0.1) is 0 Å². The molecule has 0 aromatic heterocycles. The van der Waals surface area contributed by atoms with Crippen molar-refractivity contribution in [2.45, 2.75) is 6.04 Å². The number of aromatic hydroxyl groups is 1. The Morgan fingerprint density at radius 1 is 1.39 bits per heavy atom. The van der Waals surface area contributed by atoms with E-state index < -0.39 is 6.67 Å². The first kappa shape index (κ1) is 15.7. The summed E-state index contributed by atoms with van der Waals surface area (Å²) in [5, 5.41) is 12.7. The standard InChI is InChI=1S/C12H16BrFN2O.ClH/c13-10-7-9(1-2-12(10)17)11(8-14)16-5-3-15-4-6-16;/h1-2,7,11,15,17H,3-6,8H2;1H/t11-;/m0./s1. The molecule has 0 aliphatic carbocycles. The van der Waals surface area contributed by atoms with Gasteiger partial charge in [0.15, 0.2) is 0 Å². The minimum absolute atomic E-state index is 0. The van der Waals surface area contributed by atoms with Gasteiger partial charge in [0.1, 0.15) is 12.4 Å². The number of alkyl halides is 1. The Morgan fingerprint density at radius 2 is 2.06 bits per heavy atom. The second-order valence-corrected chi connectivity index (χ2v) is 5.02. The number of rotatable bonds is 3. The molecule has 1 aliphatic heterocycles. The van der Waals surface area contributed by atoms with Gasteiger partial charge in [0, 0.05) is 26.2 Å². The monoisotopic (exact) mass is 338 g/mol. The van der Waals surface area contributed by atoms with E-state index in [9.17, 15) is 9.50 Å². The first-order valence-corrected chi connectivity index (χ1v) is 6.51. The van der Waals surface area contributed by atoms with Gasteiger partial charge in [-0.1, -0.05) is 6.07 Å². The van der Waals surface area contributed by atoms with Crippen LogP contribution in [0.2, 0.25) is 0 Å². The van der Waals surface area contributed by atoms with Gasteiger partial charge in [-0.25, -0.2) is 4.39 Å². The maximum absolute atomic E-state index is 13.2. The number of halogens is 3. The van der Waals surface area contributed by atoms with E-state index in [2.05, 4.69) is 26.1 Å².